The normalized spacial score (nSPS) is 21.7. The van der Waals surface area contributed by atoms with Gasteiger partial charge in [0.25, 0.3) is 0 Å². The second kappa shape index (κ2) is 7.28. The zero-order valence-electron chi connectivity index (χ0n) is 12.0. The third kappa shape index (κ3) is 3.95. The summed E-state index contributed by atoms with van der Waals surface area (Å²) < 4.78 is 0. The van der Waals surface area contributed by atoms with Crippen molar-refractivity contribution in [2.45, 2.75) is 45.2 Å². The fourth-order valence-corrected chi connectivity index (χ4v) is 3.26. The lowest BCUT2D eigenvalue weighted by Gasteiger charge is -2.25. The topological polar surface area (TPSA) is 15.3 Å². The van der Waals surface area contributed by atoms with E-state index in [0.29, 0.717) is 6.04 Å². The highest BCUT2D eigenvalue weighted by Gasteiger charge is 2.21. The Morgan fingerprint density at radius 2 is 2.21 bits per heavy atom. The number of rotatable bonds is 6. The molecule has 106 valence electrons. The number of likely N-dealkylation sites (tertiary alicyclic amines) is 1. The molecule has 1 fully saturated rings. The van der Waals surface area contributed by atoms with E-state index < -0.39 is 0 Å². The number of hydrogen-bond acceptors (Lipinski definition) is 2. The van der Waals surface area contributed by atoms with Crippen molar-refractivity contribution in [1.29, 1.82) is 0 Å². The Balaban J connectivity index is 1.98. The zero-order chi connectivity index (χ0) is 13.7. The van der Waals surface area contributed by atoms with Gasteiger partial charge in [-0.05, 0) is 50.9 Å². The first-order valence-corrected chi connectivity index (χ1v) is 7.82. The summed E-state index contributed by atoms with van der Waals surface area (Å²) in [5.41, 5.74) is 1.23. The lowest BCUT2D eigenvalue weighted by atomic mass is 10.0. The van der Waals surface area contributed by atoms with Crippen molar-refractivity contribution in [2.24, 2.45) is 0 Å². The standard InChI is InChI=1S/C16H25ClN2/c1-3-18-16(14-8-4-5-9-15(14)17)10-12-19-11-6-7-13(19)2/h4-5,8-9,13,16,18H,3,6-7,10-12H2,1-2H3. The van der Waals surface area contributed by atoms with Gasteiger partial charge in [-0.25, -0.2) is 0 Å². The fraction of sp³-hybridized carbons (Fsp3) is 0.625. The molecule has 1 aliphatic heterocycles. The average molecular weight is 281 g/mol. The van der Waals surface area contributed by atoms with Crippen LogP contribution in [0.25, 0.3) is 0 Å². The number of nitrogens with one attached hydrogen (secondary N) is 1. The minimum absolute atomic E-state index is 0.367. The number of halogens is 1. The first-order chi connectivity index (χ1) is 9.22. The Morgan fingerprint density at radius 1 is 1.42 bits per heavy atom. The molecule has 2 atom stereocenters. The van der Waals surface area contributed by atoms with Gasteiger partial charge in [-0.1, -0.05) is 36.7 Å². The molecule has 1 saturated heterocycles. The molecule has 0 radical (unpaired) electrons. The molecule has 0 bridgehead atoms. The highest BCUT2D eigenvalue weighted by molar-refractivity contribution is 6.31. The summed E-state index contributed by atoms with van der Waals surface area (Å²) in [4.78, 5) is 2.60. The highest BCUT2D eigenvalue weighted by Crippen LogP contribution is 2.26. The van der Waals surface area contributed by atoms with E-state index in [1.165, 1.54) is 24.9 Å². The summed E-state index contributed by atoms with van der Waals surface area (Å²) >= 11 is 6.33. The van der Waals surface area contributed by atoms with Crippen LogP contribution in [0.5, 0.6) is 0 Å². The van der Waals surface area contributed by atoms with Gasteiger partial charge in [0.15, 0.2) is 0 Å². The van der Waals surface area contributed by atoms with Gasteiger partial charge >= 0.3 is 0 Å². The molecule has 3 heteroatoms. The predicted octanol–water partition coefficient (Wildman–Crippen LogP) is 3.87. The third-order valence-corrected chi connectivity index (χ3v) is 4.47. The second-order valence-corrected chi connectivity index (χ2v) is 5.85. The van der Waals surface area contributed by atoms with Gasteiger partial charge in [-0.15, -0.1) is 0 Å². The van der Waals surface area contributed by atoms with Crippen molar-refractivity contribution < 1.29 is 0 Å². The van der Waals surface area contributed by atoms with Crippen LogP contribution in [0.1, 0.15) is 44.7 Å². The van der Waals surface area contributed by atoms with Gasteiger partial charge in [0.1, 0.15) is 0 Å². The van der Waals surface area contributed by atoms with Crippen molar-refractivity contribution >= 4 is 11.6 Å². The van der Waals surface area contributed by atoms with Gasteiger partial charge in [-0.3, -0.25) is 0 Å². The number of hydrogen-bond donors (Lipinski definition) is 1. The third-order valence-electron chi connectivity index (χ3n) is 4.13. The van der Waals surface area contributed by atoms with Crippen molar-refractivity contribution in [2.75, 3.05) is 19.6 Å². The lowest BCUT2D eigenvalue weighted by Crippen LogP contribution is -2.31. The van der Waals surface area contributed by atoms with E-state index in [1.54, 1.807) is 0 Å². The van der Waals surface area contributed by atoms with E-state index in [1.807, 2.05) is 12.1 Å². The molecule has 1 aromatic rings. The number of nitrogens with zero attached hydrogens (tertiary/aromatic N) is 1. The smallest absolute Gasteiger partial charge is 0.0453 e. The van der Waals surface area contributed by atoms with Gasteiger partial charge in [0, 0.05) is 23.7 Å². The molecular weight excluding hydrogens is 256 g/mol. The Bertz CT molecular complexity index is 394. The molecule has 2 nitrogen and oxygen atoms in total. The molecule has 0 aromatic heterocycles. The first kappa shape index (κ1) is 14.8. The fourth-order valence-electron chi connectivity index (χ4n) is 2.99. The Hall–Kier alpha value is -0.570. The van der Waals surface area contributed by atoms with Crippen LogP contribution in [0.15, 0.2) is 24.3 Å². The first-order valence-electron chi connectivity index (χ1n) is 7.44. The van der Waals surface area contributed by atoms with E-state index in [0.717, 1.165) is 30.6 Å². The summed E-state index contributed by atoms with van der Waals surface area (Å²) in [5, 5.41) is 4.45. The molecule has 0 aliphatic carbocycles. The van der Waals surface area contributed by atoms with E-state index in [9.17, 15) is 0 Å². The van der Waals surface area contributed by atoms with Crippen LogP contribution in [0.4, 0.5) is 0 Å². The average Bonchev–Trinajstić information content (AvgIpc) is 2.81. The molecule has 2 unspecified atom stereocenters. The molecule has 1 aliphatic rings. The maximum Gasteiger partial charge on any atom is 0.0453 e. The van der Waals surface area contributed by atoms with Gasteiger partial charge in [-0.2, -0.15) is 0 Å². The quantitative estimate of drug-likeness (QED) is 0.851. The molecule has 0 spiro atoms. The Morgan fingerprint density at radius 3 is 2.84 bits per heavy atom. The molecule has 1 aromatic carbocycles. The van der Waals surface area contributed by atoms with Crippen molar-refractivity contribution in [1.82, 2.24) is 10.2 Å². The largest absolute Gasteiger partial charge is 0.310 e. The van der Waals surface area contributed by atoms with E-state index in [-0.39, 0.29) is 0 Å². The molecule has 1 heterocycles. The van der Waals surface area contributed by atoms with Gasteiger partial charge in [0.05, 0.1) is 0 Å². The van der Waals surface area contributed by atoms with Gasteiger partial charge < -0.3 is 10.2 Å². The van der Waals surface area contributed by atoms with Crippen molar-refractivity contribution in [3.63, 3.8) is 0 Å². The van der Waals surface area contributed by atoms with E-state index in [4.69, 9.17) is 11.6 Å². The van der Waals surface area contributed by atoms with Gasteiger partial charge in [0.2, 0.25) is 0 Å². The predicted molar refractivity (Wildman–Crippen MR) is 82.8 cm³/mol. The van der Waals surface area contributed by atoms with E-state index in [2.05, 4.69) is 36.2 Å². The summed E-state index contributed by atoms with van der Waals surface area (Å²) in [5.74, 6) is 0. The molecular formula is C16H25ClN2. The summed E-state index contributed by atoms with van der Waals surface area (Å²) in [7, 11) is 0. The monoisotopic (exact) mass is 280 g/mol. The summed E-state index contributed by atoms with van der Waals surface area (Å²) in [6, 6.07) is 9.31. The van der Waals surface area contributed by atoms with Crippen LogP contribution in [0.3, 0.4) is 0 Å². The molecule has 1 N–H and O–H groups in total. The Labute approximate surface area is 122 Å². The molecule has 0 amide bonds. The second-order valence-electron chi connectivity index (χ2n) is 5.45. The maximum absolute atomic E-state index is 6.33. The number of benzene rings is 1. The van der Waals surface area contributed by atoms with Crippen LogP contribution >= 0.6 is 11.6 Å². The van der Waals surface area contributed by atoms with Crippen molar-refractivity contribution in [3.05, 3.63) is 34.9 Å². The van der Waals surface area contributed by atoms with Crippen LogP contribution in [-0.2, 0) is 0 Å². The van der Waals surface area contributed by atoms with E-state index >= 15 is 0 Å². The summed E-state index contributed by atoms with van der Waals surface area (Å²) in [6.07, 6.45) is 3.82. The maximum atomic E-state index is 6.33. The minimum atomic E-state index is 0.367. The Kier molecular flexibility index (Phi) is 5.68. The molecule has 19 heavy (non-hydrogen) atoms. The van der Waals surface area contributed by atoms with Crippen LogP contribution < -0.4 is 5.32 Å². The summed E-state index contributed by atoms with van der Waals surface area (Å²) in [6.45, 7) is 7.88. The van der Waals surface area contributed by atoms with Crippen molar-refractivity contribution in [3.8, 4) is 0 Å². The van der Waals surface area contributed by atoms with Crippen LogP contribution in [0, 0.1) is 0 Å². The molecule has 0 saturated carbocycles. The lowest BCUT2D eigenvalue weighted by molar-refractivity contribution is 0.252. The minimum Gasteiger partial charge on any atom is -0.310 e. The molecule has 2 rings (SSSR count). The highest BCUT2D eigenvalue weighted by atomic mass is 35.5. The van der Waals surface area contributed by atoms with Crippen LogP contribution in [-0.4, -0.2) is 30.6 Å². The zero-order valence-corrected chi connectivity index (χ0v) is 12.8. The van der Waals surface area contributed by atoms with Crippen LogP contribution in [0.2, 0.25) is 5.02 Å². The SMILES string of the molecule is CCNC(CCN1CCCC1C)c1ccccc1Cl.